The maximum Gasteiger partial charge on any atom is 0.329 e. The molecule has 1 aliphatic heterocycles. The van der Waals surface area contributed by atoms with Crippen molar-refractivity contribution >= 4 is 17.5 Å². The minimum Gasteiger partial charge on any atom is -0.494 e. The van der Waals surface area contributed by atoms with E-state index in [1.165, 1.54) is 11.8 Å². The molecular weight excluding hydrogens is 372 g/mol. The molecule has 1 saturated heterocycles. The number of aromatic nitrogens is 2. The minimum absolute atomic E-state index is 0.0604. The lowest BCUT2D eigenvalue weighted by atomic mass is 10.2. The van der Waals surface area contributed by atoms with Gasteiger partial charge < -0.3 is 15.0 Å². The Morgan fingerprint density at radius 2 is 1.93 bits per heavy atom. The second-order valence-corrected chi connectivity index (χ2v) is 7.42. The highest BCUT2D eigenvalue weighted by molar-refractivity contribution is 5.58. The van der Waals surface area contributed by atoms with E-state index >= 15 is 0 Å². The lowest BCUT2D eigenvalue weighted by Gasteiger charge is -2.34. The summed E-state index contributed by atoms with van der Waals surface area (Å²) in [6.45, 7) is 6.89. The average Bonchev–Trinajstić information content (AvgIpc) is 3.54. The van der Waals surface area contributed by atoms with E-state index in [4.69, 9.17) is 4.74 Å². The third-order valence-corrected chi connectivity index (χ3v) is 5.17. The predicted octanol–water partition coefficient (Wildman–Crippen LogP) is 2.68. The van der Waals surface area contributed by atoms with Crippen LogP contribution in [0.3, 0.4) is 0 Å². The van der Waals surface area contributed by atoms with Crippen LogP contribution in [-0.2, 0) is 6.54 Å². The summed E-state index contributed by atoms with van der Waals surface area (Å²) in [7, 11) is 0. The van der Waals surface area contributed by atoms with E-state index in [1.807, 2.05) is 19.1 Å². The molecule has 1 saturated carbocycles. The van der Waals surface area contributed by atoms with Crippen LogP contribution in [0.1, 0.15) is 25.3 Å². The van der Waals surface area contributed by atoms with Crippen molar-refractivity contribution in [1.82, 2.24) is 14.9 Å². The first-order valence-electron chi connectivity index (χ1n) is 10.1. The van der Waals surface area contributed by atoms with Crippen LogP contribution in [0.25, 0.3) is 0 Å². The molecule has 1 aromatic heterocycles. The number of ether oxygens (including phenoxy) is 1. The van der Waals surface area contributed by atoms with Gasteiger partial charge in [0.25, 0.3) is 0 Å². The van der Waals surface area contributed by atoms with E-state index in [0.717, 1.165) is 51.3 Å². The highest BCUT2D eigenvalue weighted by Gasteiger charge is 2.28. The van der Waals surface area contributed by atoms with Crippen molar-refractivity contribution in [3.05, 3.63) is 46.1 Å². The molecule has 154 valence electrons. The van der Waals surface area contributed by atoms with Crippen molar-refractivity contribution < 1.29 is 9.66 Å². The van der Waals surface area contributed by atoms with Crippen molar-refractivity contribution in [3.63, 3.8) is 0 Å². The van der Waals surface area contributed by atoms with Gasteiger partial charge in [-0.25, -0.2) is 4.98 Å². The van der Waals surface area contributed by atoms with Crippen LogP contribution in [0.2, 0.25) is 0 Å². The van der Waals surface area contributed by atoms with Gasteiger partial charge in [0.1, 0.15) is 11.9 Å². The van der Waals surface area contributed by atoms with Gasteiger partial charge >= 0.3 is 5.69 Å². The number of nitrogens with zero attached hydrogens (tertiary/aromatic N) is 5. The second-order valence-electron chi connectivity index (χ2n) is 7.42. The SMILES string of the molecule is CCOc1ccc(CN2CCN(c3ncc([N+](=O)[O-])c(NC4CC4)n3)CC2)cc1. The van der Waals surface area contributed by atoms with E-state index in [2.05, 4.69) is 37.2 Å². The van der Waals surface area contributed by atoms with E-state index in [1.54, 1.807) is 0 Å². The molecule has 29 heavy (non-hydrogen) atoms. The first-order valence-corrected chi connectivity index (χ1v) is 10.1. The topological polar surface area (TPSA) is 96.7 Å². The molecule has 0 unspecified atom stereocenters. The Morgan fingerprint density at radius 1 is 1.21 bits per heavy atom. The van der Waals surface area contributed by atoms with Gasteiger partial charge in [-0.3, -0.25) is 15.0 Å². The van der Waals surface area contributed by atoms with Crippen molar-refractivity contribution in [3.8, 4) is 5.75 Å². The molecule has 1 N–H and O–H groups in total. The van der Waals surface area contributed by atoms with Gasteiger partial charge in [0.05, 0.1) is 11.5 Å². The second kappa shape index (κ2) is 8.60. The summed E-state index contributed by atoms with van der Waals surface area (Å²) in [4.78, 5) is 24.0. The first-order chi connectivity index (χ1) is 14.1. The number of anilines is 2. The van der Waals surface area contributed by atoms with Crippen LogP contribution in [0.4, 0.5) is 17.5 Å². The summed E-state index contributed by atoms with van der Waals surface area (Å²) < 4.78 is 5.49. The summed E-state index contributed by atoms with van der Waals surface area (Å²) in [6.07, 6.45) is 3.38. The molecule has 1 aliphatic carbocycles. The first kappa shape index (κ1) is 19.4. The Labute approximate surface area is 169 Å². The van der Waals surface area contributed by atoms with Crippen LogP contribution in [0, 0.1) is 10.1 Å². The smallest absolute Gasteiger partial charge is 0.329 e. The molecule has 1 aromatic carbocycles. The molecule has 0 atom stereocenters. The summed E-state index contributed by atoms with van der Waals surface area (Å²) >= 11 is 0. The molecule has 2 aromatic rings. The van der Waals surface area contributed by atoms with E-state index < -0.39 is 4.92 Å². The van der Waals surface area contributed by atoms with Gasteiger partial charge in [-0.05, 0) is 37.5 Å². The predicted molar refractivity (Wildman–Crippen MR) is 110 cm³/mol. The third-order valence-electron chi connectivity index (χ3n) is 5.17. The van der Waals surface area contributed by atoms with Crippen LogP contribution in [0.15, 0.2) is 30.5 Å². The fraction of sp³-hybridized carbons (Fsp3) is 0.500. The van der Waals surface area contributed by atoms with E-state index in [0.29, 0.717) is 24.4 Å². The van der Waals surface area contributed by atoms with Crippen LogP contribution in [-0.4, -0.2) is 58.6 Å². The zero-order valence-corrected chi connectivity index (χ0v) is 16.6. The molecule has 2 fully saturated rings. The Balaban J connectivity index is 1.35. The summed E-state index contributed by atoms with van der Waals surface area (Å²) in [6, 6.07) is 8.52. The van der Waals surface area contributed by atoms with Gasteiger partial charge in [0.15, 0.2) is 0 Å². The molecule has 2 heterocycles. The fourth-order valence-electron chi connectivity index (χ4n) is 3.40. The van der Waals surface area contributed by atoms with E-state index in [9.17, 15) is 10.1 Å². The zero-order chi connectivity index (χ0) is 20.2. The quantitative estimate of drug-likeness (QED) is 0.535. The minimum atomic E-state index is -0.427. The third kappa shape index (κ3) is 4.92. The number of rotatable bonds is 8. The number of hydrogen-bond acceptors (Lipinski definition) is 8. The Hall–Kier alpha value is -2.94. The summed E-state index contributed by atoms with van der Waals surface area (Å²) in [5.41, 5.74) is 1.19. The standard InChI is InChI=1S/C20H26N6O3/c1-2-29-17-7-3-15(4-8-17)14-24-9-11-25(12-10-24)20-21-13-18(26(27)28)19(23-20)22-16-5-6-16/h3-4,7-8,13,16H,2,5-6,9-12,14H2,1H3,(H,21,22,23). The Kier molecular flexibility index (Phi) is 5.75. The largest absolute Gasteiger partial charge is 0.494 e. The fourth-order valence-corrected chi connectivity index (χ4v) is 3.40. The molecule has 9 nitrogen and oxygen atoms in total. The molecule has 0 radical (unpaired) electrons. The van der Waals surface area contributed by atoms with Crippen LogP contribution < -0.4 is 15.0 Å². The number of hydrogen-bond donors (Lipinski definition) is 1. The number of nitrogens with one attached hydrogen (secondary N) is 1. The maximum absolute atomic E-state index is 11.2. The normalized spacial score (nSPS) is 17.2. The molecule has 4 rings (SSSR count). The van der Waals surface area contributed by atoms with Crippen molar-refractivity contribution in [2.75, 3.05) is 43.0 Å². The monoisotopic (exact) mass is 398 g/mol. The highest BCUT2D eigenvalue weighted by atomic mass is 16.6. The summed E-state index contributed by atoms with van der Waals surface area (Å²) in [5.74, 6) is 1.78. The molecule has 9 heteroatoms. The molecule has 0 bridgehead atoms. The van der Waals surface area contributed by atoms with Gasteiger partial charge in [-0.15, -0.1) is 0 Å². The van der Waals surface area contributed by atoms with Crippen molar-refractivity contribution in [2.24, 2.45) is 0 Å². The highest BCUT2D eigenvalue weighted by Crippen LogP contribution is 2.30. The summed E-state index contributed by atoms with van der Waals surface area (Å²) in [5, 5.41) is 14.4. The number of benzene rings is 1. The maximum atomic E-state index is 11.2. The lowest BCUT2D eigenvalue weighted by molar-refractivity contribution is -0.384. The molecule has 2 aliphatic rings. The van der Waals surface area contributed by atoms with Crippen LogP contribution >= 0.6 is 0 Å². The van der Waals surface area contributed by atoms with Crippen LogP contribution in [0.5, 0.6) is 5.75 Å². The van der Waals surface area contributed by atoms with Gasteiger partial charge in [0.2, 0.25) is 11.8 Å². The number of piperazine rings is 1. The average molecular weight is 398 g/mol. The van der Waals surface area contributed by atoms with Gasteiger partial charge in [0, 0.05) is 38.8 Å². The zero-order valence-electron chi connectivity index (χ0n) is 16.6. The Morgan fingerprint density at radius 3 is 2.55 bits per heavy atom. The van der Waals surface area contributed by atoms with Crippen molar-refractivity contribution in [2.45, 2.75) is 32.4 Å². The van der Waals surface area contributed by atoms with Gasteiger partial charge in [-0.2, -0.15) is 4.98 Å². The molecule has 0 amide bonds. The Bertz CT molecular complexity index is 848. The molecular formula is C20H26N6O3. The molecule has 0 spiro atoms. The lowest BCUT2D eigenvalue weighted by Crippen LogP contribution is -2.46. The van der Waals surface area contributed by atoms with Gasteiger partial charge in [-0.1, -0.05) is 12.1 Å². The van der Waals surface area contributed by atoms with Crippen molar-refractivity contribution in [1.29, 1.82) is 0 Å². The van der Waals surface area contributed by atoms with E-state index in [-0.39, 0.29) is 5.69 Å². The number of nitro groups is 1.